The van der Waals surface area contributed by atoms with Gasteiger partial charge in [0.25, 0.3) is 0 Å². The maximum absolute atomic E-state index is 5.44. The standard InChI is InChI=1S/C19H25NO2/c1-20-11-10-15-13-17(22-3)8-9-18(15)19(20)12-14-4-6-16(21-2)7-5-14/h4-9,15,19H,10-13H2,1-3H3. The number of hydrogen-bond acceptors (Lipinski definition) is 3. The van der Waals surface area contributed by atoms with Crippen LogP contribution < -0.4 is 4.74 Å². The van der Waals surface area contributed by atoms with Gasteiger partial charge in [-0.2, -0.15) is 0 Å². The Hall–Kier alpha value is -1.74. The zero-order chi connectivity index (χ0) is 15.5. The second-order valence-electron chi connectivity index (χ2n) is 6.24. The Morgan fingerprint density at radius 2 is 1.86 bits per heavy atom. The Kier molecular flexibility index (Phi) is 4.53. The van der Waals surface area contributed by atoms with Crippen molar-refractivity contribution < 1.29 is 9.47 Å². The molecule has 1 fully saturated rings. The molecule has 22 heavy (non-hydrogen) atoms. The van der Waals surface area contributed by atoms with Gasteiger partial charge in [0.15, 0.2) is 0 Å². The van der Waals surface area contributed by atoms with E-state index in [1.54, 1.807) is 19.8 Å². The molecular formula is C19H25NO2. The molecule has 3 heteroatoms. The molecule has 2 aliphatic rings. The minimum atomic E-state index is 0.488. The molecule has 0 saturated carbocycles. The quantitative estimate of drug-likeness (QED) is 0.850. The van der Waals surface area contributed by atoms with E-state index < -0.39 is 0 Å². The van der Waals surface area contributed by atoms with Crippen LogP contribution in [0.25, 0.3) is 0 Å². The first-order valence-corrected chi connectivity index (χ1v) is 7.99. The summed E-state index contributed by atoms with van der Waals surface area (Å²) in [4.78, 5) is 2.48. The number of nitrogens with zero attached hydrogens (tertiary/aromatic N) is 1. The Bertz CT molecular complexity index is 574. The molecule has 1 saturated heterocycles. The van der Waals surface area contributed by atoms with E-state index in [9.17, 15) is 0 Å². The molecule has 1 aromatic rings. The normalized spacial score (nSPS) is 25.0. The fourth-order valence-corrected chi connectivity index (χ4v) is 3.59. The number of methoxy groups -OCH3 is 2. The first-order chi connectivity index (χ1) is 10.7. The van der Waals surface area contributed by atoms with Crippen molar-refractivity contribution in [1.29, 1.82) is 0 Å². The number of piperidine rings is 1. The number of likely N-dealkylation sites (tertiary alicyclic amines) is 1. The fraction of sp³-hybridized carbons (Fsp3) is 0.474. The third-order valence-corrected chi connectivity index (χ3v) is 4.98. The van der Waals surface area contributed by atoms with Crippen molar-refractivity contribution in [2.75, 3.05) is 27.8 Å². The third kappa shape index (κ3) is 3.05. The predicted molar refractivity (Wildman–Crippen MR) is 89.0 cm³/mol. The molecule has 0 N–H and O–H groups in total. The highest BCUT2D eigenvalue weighted by Gasteiger charge is 2.33. The molecule has 1 heterocycles. The molecule has 1 aliphatic heterocycles. The van der Waals surface area contributed by atoms with Gasteiger partial charge in [0.1, 0.15) is 5.75 Å². The summed E-state index contributed by atoms with van der Waals surface area (Å²) in [5, 5.41) is 0. The van der Waals surface area contributed by atoms with E-state index in [0.29, 0.717) is 12.0 Å². The highest BCUT2D eigenvalue weighted by Crippen LogP contribution is 2.36. The SMILES string of the molecule is COC1=CC=C2C(CCN(C)C2Cc2ccc(OC)cc2)C1. The van der Waals surface area contributed by atoms with Crippen molar-refractivity contribution in [3.63, 3.8) is 0 Å². The van der Waals surface area contributed by atoms with Gasteiger partial charge in [-0.05, 0) is 61.7 Å². The van der Waals surface area contributed by atoms with Gasteiger partial charge in [-0.25, -0.2) is 0 Å². The van der Waals surface area contributed by atoms with E-state index in [1.165, 1.54) is 12.0 Å². The number of hydrogen-bond donors (Lipinski definition) is 0. The second-order valence-corrected chi connectivity index (χ2v) is 6.24. The summed E-state index contributed by atoms with van der Waals surface area (Å²) in [7, 11) is 5.72. The van der Waals surface area contributed by atoms with Crippen molar-refractivity contribution in [1.82, 2.24) is 4.90 Å². The number of likely N-dealkylation sites (N-methyl/N-ethyl adjacent to an activating group) is 1. The van der Waals surface area contributed by atoms with Gasteiger partial charge in [0, 0.05) is 12.5 Å². The Labute approximate surface area is 133 Å². The van der Waals surface area contributed by atoms with Crippen molar-refractivity contribution in [3.05, 3.63) is 53.3 Å². The van der Waals surface area contributed by atoms with Crippen molar-refractivity contribution in [2.24, 2.45) is 5.92 Å². The second kappa shape index (κ2) is 6.57. The van der Waals surface area contributed by atoms with Crippen LogP contribution in [0, 0.1) is 5.92 Å². The monoisotopic (exact) mass is 299 g/mol. The van der Waals surface area contributed by atoms with Crippen molar-refractivity contribution in [2.45, 2.75) is 25.3 Å². The Morgan fingerprint density at radius 3 is 2.55 bits per heavy atom. The predicted octanol–water partition coefficient (Wildman–Crippen LogP) is 3.42. The molecule has 0 amide bonds. The van der Waals surface area contributed by atoms with E-state index in [4.69, 9.17) is 9.47 Å². The van der Waals surface area contributed by atoms with Crippen molar-refractivity contribution >= 4 is 0 Å². The number of ether oxygens (including phenoxy) is 2. The highest BCUT2D eigenvalue weighted by molar-refractivity contribution is 5.33. The number of rotatable bonds is 4. The van der Waals surface area contributed by atoms with Crippen molar-refractivity contribution in [3.8, 4) is 5.75 Å². The van der Waals surface area contributed by atoms with E-state index in [0.717, 1.165) is 30.9 Å². The molecule has 0 radical (unpaired) electrons. The smallest absolute Gasteiger partial charge is 0.118 e. The lowest BCUT2D eigenvalue weighted by Crippen LogP contribution is -2.43. The first kappa shape index (κ1) is 15.2. The summed E-state index contributed by atoms with van der Waals surface area (Å²) in [6.45, 7) is 1.15. The fourth-order valence-electron chi connectivity index (χ4n) is 3.59. The molecule has 0 bridgehead atoms. The van der Waals surface area contributed by atoms with Crippen LogP contribution in [-0.4, -0.2) is 38.8 Å². The summed E-state index contributed by atoms with van der Waals surface area (Å²) in [5.74, 6) is 2.67. The molecular weight excluding hydrogens is 274 g/mol. The molecule has 0 spiro atoms. The van der Waals surface area contributed by atoms with Gasteiger partial charge in [-0.1, -0.05) is 18.2 Å². The van der Waals surface area contributed by atoms with E-state index >= 15 is 0 Å². The van der Waals surface area contributed by atoms with Crippen LogP contribution in [0.1, 0.15) is 18.4 Å². The molecule has 3 rings (SSSR count). The Morgan fingerprint density at radius 1 is 1.09 bits per heavy atom. The lowest BCUT2D eigenvalue weighted by molar-refractivity contribution is 0.182. The number of fused-ring (bicyclic) bond motifs is 1. The van der Waals surface area contributed by atoms with Gasteiger partial charge in [0.05, 0.1) is 20.0 Å². The minimum absolute atomic E-state index is 0.488. The van der Waals surface area contributed by atoms with E-state index in [1.807, 2.05) is 12.1 Å². The molecule has 2 atom stereocenters. The largest absolute Gasteiger partial charge is 0.501 e. The average Bonchev–Trinajstić information content (AvgIpc) is 2.57. The lowest BCUT2D eigenvalue weighted by atomic mass is 9.78. The summed E-state index contributed by atoms with van der Waals surface area (Å²) < 4.78 is 10.7. The van der Waals surface area contributed by atoms with Crippen LogP contribution in [0.5, 0.6) is 5.75 Å². The zero-order valence-electron chi connectivity index (χ0n) is 13.7. The van der Waals surface area contributed by atoms with Gasteiger partial charge in [0.2, 0.25) is 0 Å². The van der Waals surface area contributed by atoms with Crippen LogP contribution in [0.4, 0.5) is 0 Å². The number of benzene rings is 1. The summed E-state index contributed by atoms with van der Waals surface area (Å²) in [6, 6.07) is 8.94. The van der Waals surface area contributed by atoms with Gasteiger partial charge in [-0.15, -0.1) is 0 Å². The molecule has 1 aliphatic carbocycles. The molecule has 1 aromatic carbocycles. The maximum Gasteiger partial charge on any atom is 0.118 e. The topological polar surface area (TPSA) is 21.7 Å². The third-order valence-electron chi connectivity index (χ3n) is 4.98. The van der Waals surface area contributed by atoms with E-state index in [-0.39, 0.29) is 0 Å². The first-order valence-electron chi connectivity index (χ1n) is 7.99. The highest BCUT2D eigenvalue weighted by atomic mass is 16.5. The molecule has 118 valence electrons. The molecule has 0 aromatic heterocycles. The van der Waals surface area contributed by atoms with Crippen LogP contribution in [0.2, 0.25) is 0 Å². The van der Waals surface area contributed by atoms with Crippen LogP contribution >= 0.6 is 0 Å². The summed E-state index contributed by atoms with van der Waals surface area (Å²) in [6.07, 6.45) is 7.76. The summed E-state index contributed by atoms with van der Waals surface area (Å²) >= 11 is 0. The minimum Gasteiger partial charge on any atom is -0.501 e. The maximum atomic E-state index is 5.44. The average molecular weight is 299 g/mol. The summed E-state index contributed by atoms with van der Waals surface area (Å²) in [5.41, 5.74) is 2.92. The number of allylic oxidation sites excluding steroid dienone is 3. The van der Waals surface area contributed by atoms with Crippen LogP contribution in [0.15, 0.2) is 47.7 Å². The van der Waals surface area contributed by atoms with Gasteiger partial charge >= 0.3 is 0 Å². The zero-order valence-corrected chi connectivity index (χ0v) is 13.7. The van der Waals surface area contributed by atoms with Crippen LogP contribution in [0.3, 0.4) is 0 Å². The van der Waals surface area contributed by atoms with Crippen LogP contribution in [-0.2, 0) is 11.2 Å². The lowest BCUT2D eigenvalue weighted by Gasteiger charge is -2.41. The molecule has 2 unspecified atom stereocenters. The molecule has 3 nitrogen and oxygen atoms in total. The Balaban J connectivity index is 1.80. The van der Waals surface area contributed by atoms with E-state index in [2.05, 4.69) is 36.2 Å². The van der Waals surface area contributed by atoms with Gasteiger partial charge in [-0.3, -0.25) is 4.90 Å². The van der Waals surface area contributed by atoms with Gasteiger partial charge < -0.3 is 9.47 Å².